The first-order chi connectivity index (χ1) is 10.4. The van der Waals surface area contributed by atoms with Crippen LogP contribution < -0.4 is 4.74 Å². The molecule has 0 fully saturated rings. The third-order valence-corrected chi connectivity index (χ3v) is 4.22. The predicted octanol–water partition coefficient (Wildman–Crippen LogP) is 4.94. The van der Waals surface area contributed by atoms with E-state index in [9.17, 15) is 4.79 Å². The van der Waals surface area contributed by atoms with E-state index in [1.807, 2.05) is 49.4 Å². The summed E-state index contributed by atoms with van der Waals surface area (Å²) in [5.74, 6) is 0.661. The molecule has 0 heterocycles. The van der Waals surface area contributed by atoms with Gasteiger partial charge < -0.3 is 4.74 Å². The van der Waals surface area contributed by atoms with Crippen LogP contribution in [0.25, 0.3) is 0 Å². The first-order valence-corrected chi connectivity index (χ1v) is 7.85. The smallest absolute Gasteiger partial charge is 0.262 e. The van der Waals surface area contributed by atoms with Crippen molar-refractivity contribution >= 4 is 16.8 Å². The SMILES string of the molecule is CCC(Oc1ccc(C(C)(C)c2ccccc2)cc1)C(=O)Cl. The van der Waals surface area contributed by atoms with Gasteiger partial charge in [0.05, 0.1) is 0 Å². The summed E-state index contributed by atoms with van der Waals surface area (Å²) in [7, 11) is 0. The zero-order chi connectivity index (χ0) is 16.2. The number of carbonyl (C=O) groups excluding carboxylic acids is 1. The maximum absolute atomic E-state index is 11.2. The molecule has 0 aliphatic rings. The lowest BCUT2D eigenvalue weighted by atomic mass is 9.78. The number of carbonyl (C=O) groups is 1. The van der Waals surface area contributed by atoms with Crippen LogP contribution in [0.2, 0.25) is 0 Å². The molecule has 2 nitrogen and oxygen atoms in total. The zero-order valence-electron chi connectivity index (χ0n) is 13.2. The number of hydrogen-bond acceptors (Lipinski definition) is 2. The Morgan fingerprint density at radius 3 is 2.09 bits per heavy atom. The van der Waals surface area contributed by atoms with E-state index in [1.54, 1.807) is 0 Å². The molecule has 0 saturated heterocycles. The molecule has 0 aliphatic carbocycles. The molecular formula is C19H21ClO2. The molecule has 2 aromatic carbocycles. The van der Waals surface area contributed by atoms with Crippen molar-refractivity contribution in [2.75, 3.05) is 0 Å². The van der Waals surface area contributed by atoms with Crippen LogP contribution >= 0.6 is 11.6 Å². The molecular weight excluding hydrogens is 296 g/mol. The molecule has 0 spiro atoms. The number of benzene rings is 2. The molecule has 2 rings (SSSR count). The van der Waals surface area contributed by atoms with Gasteiger partial charge in [0.25, 0.3) is 5.24 Å². The van der Waals surface area contributed by atoms with E-state index in [4.69, 9.17) is 16.3 Å². The Kier molecular flexibility index (Phi) is 5.25. The first kappa shape index (κ1) is 16.6. The van der Waals surface area contributed by atoms with Gasteiger partial charge in [-0.05, 0) is 41.3 Å². The van der Waals surface area contributed by atoms with Crippen LogP contribution in [0.4, 0.5) is 0 Å². The van der Waals surface area contributed by atoms with E-state index < -0.39 is 11.3 Å². The van der Waals surface area contributed by atoms with Crippen molar-refractivity contribution in [3.05, 3.63) is 65.7 Å². The monoisotopic (exact) mass is 316 g/mol. The Morgan fingerprint density at radius 2 is 1.59 bits per heavy atom. The van der Waals surface area contributed by atoms with E-state index >= 15 is 0 Å². The number of halogens is 1. The van der Waals surface area contributed by atoms with E-state index in [0.717, 1.165) is 0 Å². The fourth-order valence-corrected chi connectivity index (χ4v) is 2.62. The first-order valence-electron chi connectivity index (χ1n) is 7.47. The molecule has 0 N–H and O–H groups in total. The van der Waals surface area contributed by atoms with Gasteiger partial charge in [0, 0.05) is 5.41 Å². The molecule has 2 aromatic rings. The zero-order valence-corrected chi connectivity index (χ0v) is 13.9. The van der Waals surface area contributed by atoms with Crippen LogP contribution in [0.15, 0.2) is 54.6 Å². The second-order valence-electron chi connectivity index (χ2n) is 5.83. The molecule has 0 amide bonds. The topological polar surface area (TPSA) is 26.3 Å². The van der Waals surface area contributed by atoms with Crippen LogP contribution in [0, 0.1) is 0 Å². The van der Waals surface area contributed by atoms with Crippen molar-refractivity contribution in [1.82, 2.24) is 0 Å². The second-order valence-corrected chi connectivity index (χ2v) is 6.21. The summed E-state index contributed by atoms with van der Waals surface area (Å²) in [6, 6.07) is 18.2. The van der Waals surface area contributed by atoms with Crippen LogP contribution in [0.1, 0.15) is 38.3 Å². The predicted molar refractivity (Wildman–Crippen MR) is 90.6 cm³/mol. The summed E-state index contributed by atoms with van der Waals surface area (Å²) >= 11 is 5.51. The van der Waals surface area contributed by atoms with Crippen molar-refractivity contribution in [3.8, 4) is 5.75 Å². The van der Waals surface area contributed by atoms with Gasteiger partial charge in [-0.25, -0.2) is 0 Å². The van der Waals surface area contributed by atoms with Gasteiger partial charge >= 0.3 is 0 Å². The van der Waals surface area contributed by atoms with Crippen LogP contribution in [-0.2, 0) is 10.2 Å². The van der Waals surface area contributed by atoms with Gasteiger partial charge in [0.2, 0.25) is 0 Å². The normalized spacial score (nSPS) is 12.7. The summed E-state index contributed by atoms with van der Waals surface area (Å²) in [6.07, 6.45) is -0.0331. The lowest BCUT2D eigenvalue weighted by molar-refractivity contribution is -0.117. The van der Waals surface area contributed by atoms with Gasteiger partial charge in [-0.1, -0.05) is 63.2 Å². The van der Waals surface area contributed by atoms with Gasteiger partial charge in [-0.15, -0.1) is 0 Å². The number of ether oxygens (including phenoxy) is 1. The Hall–Kier alpha value is -1.80. The van der Waals surface area contributed by atoms with Crippen LogP contribution in [-0.4, -0.2) is 11.3 Å². The maximum atomic E-state index is 11.2. The van der Waals surface area contributed by atoms with Crippen molar-refractivity contribution in [1.29, 1.82) is 0 Å². The highest BCUT2D eigenvalue weighted by Gasteiger charge is 2.23. The van der Waals surface area contributed by atoms with E-state index in [0.29, 0.717) is 12.2 Å². The molecule has 3 heteroatoms. The summed E-state index contributed by atoms with van der Waals surface area (Å²) in [4.78, 5) is 11.2. The Bertz CT molecular complexity index is 618. The van der Waals surface area contributed by atoms with Crippen molar-refractivity contribution in [2.24, 2.45) is 0 Å². The summed E-state index contributed by atoms with van der Waals surface area (Å²) in [5, 5.41) is -0.462. The minimum absolute atomic E-state index is 0.0910. The highest BCUT2D eigenvalue weighted by atomic mass is 35.5. The van der Waals surface area contributed by atoms with Crippen molar-refractivity contribution < 1.29 is 9.53 Å². The fourth-order valence-electron chi connectivity index (χ4n) is 2.43. The van der Waals surface area contributed by atoms with Gasteiger partial charge in [0.15, 0.2) is 6.10 Å². The van der Waals surface area contributed by atoms with Gasteiger partial charge in [-0.3, -0.25) is 4.79 Å². The molecule has 1 unspecified atom stereocenters. The molecule has 22 heavy (non-hydrogen) atoms. The van der Waals surface area contributed by atoms with E-state index in [-0.39, 0.29) is 5.41 Å². The quantitative estimate of drug-likeness (QED) is 0.706. The van der Waals surface area contributed by atoms with Crippen LogP contribution in [0.3, 0.4) is 0 Å². The molecule has 116 valence electrons. The summed E-state index contributed by atoms with van der Waals surface area (Å²) in [5.41, 5.74) is 2.36. The minimum Gasteiger partial charge on any atom is -0.481 e. The summed E-state index contributed by atoms with van der Waals surface area (Å²) < 4.78 is 5.62. The number of rotatable bonds is 6. The lowest BCUT2D eigenvalue weighted by Crippen LogP contribution is -2.22. The van der Waals surface area contributed by atoms with Crippen molar-refractivity contribution in [3.63, 3.8) is 0 Å². The van der Waals surface area contributed by atoms with E-state index in [2.05, 4.69) is 26.0 Å². The molecule has 0 bridgehead atoms. The van der Waals surface area contributed by atoms with Gasteiger partial charge in [-0.2, -0.15) is 0 Å². The molecule has 0 aliphatic heterocycles. The third kappa shape index (κ3) is 3.69. The molecule has 0 saturated carbocycles. The minimum atomic E-state index is -0.588. The molecule has 1 atom stereocenters. The average Bonchev–Trinajstić information content (AvgIpc) is 2.53. The Balaban J connectivity index is 2.20. The largest absolute Gasteiger partial charge is 0.481 e. The van der Waals surface area contributed by atoms with E-state index in [1.165, 1.54) is 11.1 Å². The summed E-state index contributed by atoms with van der Waals surface area (Å²) in [6.45, 7) is 6.25. The third-order valence-electron chi connectivity index (χ3n) is 3.97. The molecule has 0 radical (unpaired) electrons. The fraction of sp³-hybridized carbons (Fsp3) is 0.316. The van der Waals surface area contributed by atoms with Crippen molar-refractivity contribution in [2.45, 2.75) is 38.7 Å². The second kappa shape index (κ2) is 6.97. The van der Waals surface area contributed by atoms with Crippen LogP contribution in [0.5, 0.6) is 5.75 Å². The maximum Gasteiger partial charge on any atom is 0.262 e. The standard InChI is InChI=1S/C19H21ClO2/c1-4-17(18(20)21)22-16-12-10-15(11-13-16)19(2,3)14-8-6-5-7-9-14/h5-13,17H,4H2,1-3H3. The van der Waals surface area contributed by atoms with Gasteiger partial charge in [0.1, 0.15) is 5.75 Å². The molecule has 0 aromatic heterocycles. The average molecular weight is 317 g/mol. The lowest BCUT2D eigenvalue weighted by Gasteiger charge is -2.26. The Morgan fingerprint density at radius 1 is 1.05 bits per heavy atom. The Labute approximate surface area is 137 Å². The highest BCUT2D eigenvalue weighted by Crippen LogP contribution is 2.32. The highest BCUT2D eigenvalue weighted by molar-refractivity contribution is 6.64. The number of hydrogen-bond donors (Lipinski definition) is 0.